The fraction of sp³-hybridized carbons (Fsp3) is 0.176. The third kappa shape index (κ3) is 3.86. The Labute approximate surface area is 113 Å². The number of nitrogens with zero attached hydrogens (tertiary/aromatic N) is 1. The third-order valence-corrected chi connectivity index (χ3v) is 2.85. The van der Waals surface area contributed by atoms with Crippen molar-refractivity contribution in [1.29, 1.82) is 0 Å². The number of halogens is 1. The minimum Gasteiger partial charge on any atom is -0.356 e. The smallest absolute Gasteiger partial charge is 0.123 e. The van der Waals surface area contributed by atoms with Crippen molar-refractivity contribution in [2.24, 2.45) is 0 Å². The van der Waals surface area contributed by atoms with Crippen LogP contribution in [0.25, 0.3) is 0 Å². The lowest BCUT2D eigenvalue weighted by Crippen LogP contribution is -2.22. The lowest BCUT2D eigenvalue weighted by molar-refractivity contribution is 0.627. The molecule has 2 rings (SSSR count). The van der Waals surface area contributed by atoms with Crippen molar-refractivity contribution in [1.82, 2.24) is 0 Å². The first-order valence-corrected chi connectivity index (χ1v) is 6.23. The van der Waals surface area contributed by atoms with Gasteiger partial charge in [-0.2, -0.15) is 0 Å². The van der Waals surface area contributed by atoms with Crippen molar-refractivity contribution in [2.75, 3.05) is 11.4 Å². The van der Waals surface area contributed by atoms with Gasteiger partial charge in [0.15, 0.2) is 0 Å². The van der Waals surface area contributed by atoms with Gasteiger partial charge < -0.3 is 4.90 Å². The molecule has 2 heteroatoms. The first kappa shape index (κ1) is 13.2. The summed E-state index contributed by atoms with van der Waals surface area (Å²) in [5.74, 6) is 5.75. The van der Waals surface area contributed by atoms with E-state index < -0.39 is 0 Å². The third-order valence-electron chi connectivity index (χ3n) is 2.85. The standard InChI is InChI=1S/C17H16FN/c1-2-3-13-19(14-15-7-5-4-6-8-15)17-11-9-16(18)10-12-17/h4-12H,13-14H2,1H3. The van der Waals surface area contributed by atoms with Gasteiger partial charge in [-0.05, 0) is 36.8 Å². The zero-order valence-corrected chi connectivity index (χ0v) is 10.9. The Kier molecular flexibility index (Phi) is 4.58. The molecule has 0 aliphatic heterocycles. The molecule has 19 heavy (non-hydrogen) atoms. The van der Waals surface area contributed by atoms with Gasteiger partial charge in [0.2, 0.25) is 0 Å². The lowest BCUT2D eigenvalue weighted by atomic mass is 10.2. The van der Waals surface area contributed by atoms with Crippen LogP contribution in [0.1, 0.15) is 12.5 Å². The first-order valence-electron chi connectivity index (χ1n) is 6.23. The number of hydrogen-bond donors (Lipinski definition) is 0. The van der Waals surface area contributed by atoms with E-state index in [0.717, 1.165) is 12.2 Å². The van der Waals surface area contributed by atoms with Crippen LogP contribution in [0.4, 0.5) is 10.1 Å². The second-order valence-electron chi connectivity index (χ2n) is 4.24. The topological polar surface area (TPSA) is 3.24 Å². The van der Waals surface area contributed by atoms with E-state index in [1.807, 2.05) is 25.1 Å². The van der Waals surface area contributed by atoms with Crippen LogP contribution in [0.2, 0.25) is 0 Å². The molecule has 96 valence electrons. The minimum absolute atomic E-state index is 0.218. The molecule has 0 unspecified atom stereocenters. The van der Waals surface area contributed by atoms with Gasteiger partial charge in [-0.1, -0.05) is 36.3 Å². The maximum absolute atomic E-state index is 13.0. The highest BCUT2D eigenvalue weighted by atomic mass is 19.1. The Hall–Kier alpha value is -2.27. The van der Waals surface area contributed by atoms with Crippen LogP contribution in [0.15, 0.2) is 54.6 Å². The van der Waals surface area contributed by atoms with Gasteiger partial charge in [0.1, 0.15) is 5.82 Å². The lowest BCUT2D eigenvalue weighted by Gasteiger charge is -2.22. The zero-order valence-electron chi connectivity index (χ0n) is 10.9. The Balaban J connectivity index is 2.19. The molecule has 0 aliphatic carbocycles. The summed E-state index contributed by atoms with van der Waals surface area (Å²) in [5.41, 5.74) is 2.19. The fourth-order valence-electron chi connectivity index (χ4n) is 1.87. The maximum Gasteiger partial charge on any atom is 0.123 e. The van der Waals surface area contributed by atoms with E-state index in [4.69, 9.17) is 0 Å². The quantitative estimate of drug-likeness (QED) is 0.748. The molecule has 0 fully saturated rings. The van der Waals surface area contributed by atoms with Crippen molar-refractivity contribution < 1.29 is 4.39 Å². The van der Waals surface area contributed by atoms with Crippen LogP contribution >= 0.6 is 0 Å². The molecular weight excluding hydrogens is 237 g/mol. The van der Waals surface area contributed by atoms with Gasteiger partial charge in [-0.25, -0.2) is 4.39 Å². The molecule has 2 aromatic rings. The molecule has 0 saturated carbocycles. The van der Waals surface area contributed by atoms with Crippen LogP contribution in [0.5, 0.6) is 0 Å². The normalized spacial score (nSPS) is 9.58. The Morgan fingerprint density at radius 2 is 1.68 bits per heavy atom. The largest absolute Gasteiger partial charge is 0.356 e. The summed E-state index contributed by atoms with van der Waals surface area (Å²) in [4.78, 5) is 2.13. The Bertz CT molecular complexity index is 564. The fourth-order valence-corrected chi connectivity index (χ4v) is 1.87. The van der Waals surface area contributed by atoms with Crippen molar-refractivity contribution in [2.45, 2.75) is 13.5 Å². The van der Waals surface area contributed by atoms with Crippen molar-refractivity contribution >= 4 is 5.69 Å². The van der Waals surface area contributed by atoms with Gasteiger partial charge >= 0.3 is 0 Å². The van der Waals surface area contributed by atoms with Crippen molar-refractivity contribution in [3.63, 3.8) is 0 Å². The average Bonchev–Trinajstić information content (AvgIpc) is 2.45. The average molecular weight is 253 g/mol. The highest BCUT2D eigenvalue weighted by molar-refractivity contribution is 5.48. The number of rotatable bonds is 4. The number of benzene rings is 2. The molecule has 0 spiro atoms. The predicted molar refractivity (Wildman–Crippen MR) is 77.3 cm³/mol. The second-order valence-corrected chi connectivity index (χ2v) is 4.24. The van der Waals surface area contributed by atoms with Crippen LogP contribution in [0.3, 0.4) is 0 Å². The van der Waals surface area contributed by atoms with Crippen LogP contribution in [-0.2, 0) is 6.54 Å². The molecule has 1 nitrogen and oxygen atoms in total. The molecule has 0 aliphatic rings. The summed E-state index contributed by atoms with van der Waals surface area (Å²) in [7, 11) is 0. The van der Waals surface area contributed by atoms with Crippen molar-refractivity contribution in [3.8, 4) is 11.8 Å². The van der Waals surface area contributed by atoms with Gasteiger partial charge in [0.05, 0.1) is 6.54 Å². The van der Waals surface area contributed by atoms with E-state index in [0.29, 0.717) is 6.54 Å². The molecular formula is C17H16FN. The zero-order chi connectivity index (χ0) is 13.5. The SMILES string of the molecule is CC#CCN(Cc1ccccc1)c1ccc(F)cc1. The van der Waals surface area contributed by atoms with Gasteiger partial charge in [0.25, 0.3) is 0 Å². The summed E-state index contributed by atoms with van der Waals surface area (Å²) in [5, 5.41) is 0. The molecule has 0 bridgehead atoms. The summed E-state index contributed by atoms with van der Waals surface area (Å²) in [6, 6.07) is 16.7. The summed E-state index contributed by atoms with van der Waals surface area (Å²) in [6.07, 6.45) is 0. The molecule has 0 amide bonds. The summed E-state index contributed by atoms with van der Waals surface area (Å²) in [6.45, 7) is 3.23. The second kappa shape index (κ2) is 6.61. The minimum atomic E-state index is -0.218. The van der Waals surface area contributed by atoms with E-state index in [1.165, 1.54) is 17.7 Å². The van der Waals surface area contributed by atoms with E-state index >= 15 is 0 Å². The van der Waals surface area contributed by atoms with Gasteiger partial charge in [-0.15, -0.1) is 5.92 Å². The monoisotopic (exact) mass is 253 g/mol. The van der Waals surface area contributed by atoms with Crippen LogP contribution in [-0.4, -0.2) is 6.54 Å². The van der Waals surface area contributed by atoms with Gasteiger partial charge in [0, 0.05) is 12.2 Å². The molecule has 0 atom stereocenters. The van der Waals surface area contributed by atoms with E-state index in [2.05, 4.69) is 28.9 Å². The molecule has 0 N–H and O–H groups in total. The highest BCUT2D eigenvalue weighted by Gasteiger charge is 2.06. The van der Waals surface area contributed by atoms with Crippen LogP contribution < -0.4 is 4.90 Å². The molecule has 0 heterocycles. The Morgan fingerprint density at radius 3 is 2.32 bits per heavy atom. The first-order chi connectivity index (χ1) is 9.29. The predicted octanol–water partition coefficient (Wildman–Crippen LogP) is 3.86. The van der Waals surface area contributed by atoms with E-state index in [1.54, 1.807) is 12.1 Å². The molecule has 2 aromatic carbocycles. The van der Waals surface area contributed by atoms with E-state index in [-0.39, 0.29) is 5.82 Å². The number of hydrogen-bond acceptors (Lipinski definition) is 1. The van der Waals surface area contributed by atoms with Crippen molar-refractivity contribution in [3.05, 3.63) is 66.0 Å². The molecule has 0 aromatic heterocycles. The summed E-state index contributed by atoms with van der Waals surface area (Å²) < 4.78 is 13.0. The highest BCUT2D eigenvalue weighted by Crippen LogP contribution is 2.17. The number of anilines is 1. The molecule has 0 radical (unpaired) electrons. The Morgan fingerprint density at radius 1 is 1.00 bits per heavy atom. The van der Waals surface area contributed by atoms with Crippen LogP contribution in [0, 0.1) is 17.7 Å². The maximum atomic E-state index is 13.0. The molecule has 0 saturated heterocycles. The van der Waals surface area contributed by atoms with Gasteiger partial charge in [-0.3, -0.25) is 0 Å². The van der Waals surface area contributed by atoms with E-state index in [9.17, 15) is 4.39 Å². The summed E-state index contributed by atoms with van der Waals surface area (Å²) >= 11 is 0.